The molecule has 0 bridgehead atoms. The molecule has 80 valence electrons. The van der Waals surface area contributed by atoms with Gasteiger partial charge < -0.3 is 0 Å². The summed E-state index contributed by atoms with van der Waals surface area (Å²) in [6.45, 7) is 8.59. The van der Waals surface area contributed by atoms with Crippen molar-refractivity contribution in [3.63, 3.8) is 0 Å². The second-order valence-corrected chi connectivity index (χ2v) is 4.80. The van der Waals surface area contributed by atoms with Gasteiger partial charge in [-0.3, -0.25) is 4.79 Å². The molecule has 0 aromatic rings. The van der Waals surface area contributed by atoms with E-state index < -0.39 is 0 Å². The molecule has 0 spiro atoms. The van der Waals surface area contributed by atoms with Crippen LogP contribution in [-0.4, -0.2) is 5.78 Å². The van der Waals surface area contributed by atoms with Crippen molar-refractivity contribution in [3.8, 4) is 0 Å². The highest BCUT2D eigenvalue weighted by Crippen LogP contribution is 2.34. The Labute approximate surface area is 87.6 Å². The highest BCUT2D eigenvalue weighted by atomic mass is 16.1. The Hall–Kier alpha value is -0.590. The Morgan fingerprint density at radius 3 is 2.71 bits per heavy atom. The van der Waals surface area contributed by atoms with Gasteiger partial charge in [0.05, 0.1) is 0 Å². The fraction of sp³-hybridized carbons (Fsp3) is 0.769. The Kier molecular flexibility index (Phi) is 3.91. The monoisotopic (exact) mass is 194 g/mol. The predicted molar refractivity (Wildman–Crippen MR) is 60.1 cm³/mol. The van der Waals surface area contributed by atoms with Crippen molar-refractivity contribution in [1.82, 2.24) is 0 Å². The lowest BCUT2D eigenvalue weighted by Gasteiger charge is -2.29. The van der Waals surface area contributed by atoms with Crippen molar-refractivity contribution in [2.75, 3.05) is 0 Å². The number of allylic oxidation sites excluding steroid dienone is 2. The van der Waals surface area contributed by atoms with Gasteiger partial charge in [0.25, 0.3) is 0 Å². The van der Waals surface area contributed by atoms with Crippen LogP contribution in [0.3, 0.4) is 0 Å². The van der Waals surface area contributed by atoms with E-state index >= 15 is 0 Å². The van der Waals surface area contributed by atoms with Crippen LogP contribution in [0.2, 0.25) is 0 Å². The summed E-state index contributed by atoms with van der Waals surface area (Å²) in [6, 6.07) is 0. The molecular formula is C13H22O. The summed E-state index contributed by atoms with van der Waals surface area (Å²) in [7, 11) is 0. The van der Waals surface area contributed by atoms with Gasteiger partial charge in [0.15, 0.2) is 0 Å². The number of Topliss-reactive ketones (excluding diaryl/α,β-unsaturated/α-hetero) is 1. The largest absolute Gasteiger partial charge is 0.299 e. The fourth-order valence-corrected chi connectivity index (χ4v) is 2.24. The minimum atomic E-state index is 0.223. The van der Waals surface area contributed by atoms with Gasteiger partial charge >= 0.3 is 0 Å². The third-order valence-corrected chi connectivity index (χ3v) is 3.51. The van der Waals surface area contributed by atoms with E-state index in [1.54, 1.807) is 0 Å². The maximum Gasteiger partial charge on any atom is 0.139 e. The average Bonchev–Trinajstić information content (AvgIpc) is 2.17. The minimum Gasteiger partial charge on any atom is -0.299 e. The molecule has 1 aliphatic rings. The topological polar surface area (TPSA) is 17.1 Å². The molecule has 0 fully saturated rings. The maximum atomic E-state index is 11.7. The van der Waals surface area contributed by atoms with Crippen LogP contribution in [0.4, 0.5) is 0 Å². The quantitative estimate of drug-likeness (QED) is 0.627. The highest BCUT2D eigenvalue weighted by Gasteiger charge is 2.27. The molecule has 0 radical (unpaired) electrons. The molecule has 0 saturated carbocycles. The molecule has 0 saturated heterocycles. The zero-order valence-corrected chi connectivity index (χ0v) is 9.84. The summed E-state index contributed by atoms with van der Waals surface area (Å²) in [6.07, 6.45) is 5.19. The molecule has 1 aliphatic carbocycles. The van der Waals surface area contributed by atoms with Gasteiger partial charge in [0.1, 0.15) is 5.78 Å². The van der Waals surface area contributed by atoms with Gasteiger partial charge in [-0.2, -0.15) is 0 Å². The number of carbonyl (C=O) groups excluding carboxylic acids is 1. The van der Waals surface area contributed by atoms with Crippen molar-refractivity contribution in [2.45, 2.75) is 47.0 Å². The van der Waals surface area contributed by atoms with Crippen LogP contribution in [0.5, 0.6) is 0 Å². The third kappa shape index (κ3) is 2.46. The minimum absolute atomic E-state index is 0.223. The number of carbonyl (C=O) groups is 1. The van der Waals surface area contributed by atoms with E-state index in [1.165, 1.54) is 5.57 Å². The lowest BCUT2D eigenvalue weighted by atomic mass is 9.75. The molecule has 1 heteroatoms. The smallest absolute Gasteiger partial charge is 0.139 e. The van der Waals surface area contributed by atoms with Crippen LogP contribution >= 0.6 is 0 Å². The molecular weight excluding hydrogens is 172 g/mol. The summed E-state index contributed by atoms with van der Waals surface area (Å²) in [5, 5.41) is 0. The Morgan fingerprint density at radius 2 is 2.21 bits per heavy atom. The van der Waals surface area contributed by atoms with Gasteiger partial charge in [-0.05, 0) is 31.6 Å². The van der Waals surface area contributed by atoms with Crippen LogP contribution in [0, 0.1) is 17.8 Å². The summed E-state index contributed by atoms with van der Waals surface area (Å²) in [5.74, 6) is 2.05. The van der Waals surface area contributed by atoms with Crippen molar-refractivity contribution in [2.24, 2.45) is 17.8 Å². The molecule has 1 rings (SSSR count). The first-order valence-corrected chi connectivity index (χ1v) is 5.75. The molecule has 2 atom stereocenters. The Bertz CT molecular complexity index is 238. The first kappa shape index (κ1) is 11.5. The molecule has 0 aromatic heterocycles. The van der Waals surface area contributed by atoms with E-state index in [-0.39, 0.29) is 5.92 Å². The van der Waals surface area contributed by atoms with Crippen LogP contribution < -0.4 is 0 Å². The Balaban J connectivity index is 2.71. The summed E-state index contributed by atoms with van der Waals surface area (Å²) >= 11 is 0. The standard InChI is InChI=1S/C13H22O/c1-5-13(14)12-8-11(9(2)3)7-6-10(12)4/h6,9,11-12H,5,7-8H2,1-4H3/t11-,12-/m1/s1. The number of rotatable bonds is 3. The summed E-state index contributed by atoms with van der Waals surface area (Å²) < 4.78 is 0. The van der Waals surface area contributed by atoms with E-state index in [9.17, 15) is 4.79 Å². The fourth-order valence-electron chi connectivity index (χ4n) is 2.24. The second kappa shape index (κ2) is 4.77. The molecule has 0 amide bonds. The first-order valence-electron chi connectivity index (χ1n) is 5.75. The maximum absolute atomic E-state index is 11.7. The van der Waals surface area contributed by atoms with E-state index in [0.717, 1.165) is 12.8 Å². The highest BCUT2D eigenvalue weighted by molar-refractivity contribution is 5.83. The molecule has 0 heterocycles. The zero-order chi connectivity index (χ0) is 10.7. The summed E-state index contributed by atoms with van der Waals surface area (Å²) in [5.41, 5.74) is 1.30. The van der Waals surface area contributed by atoms with Gasteiger partial charge in [0.2, 0.25) is 0 Å². The van der Waals surface area contributed by atoms with Crippen LogP contribution in [0.15, 0.2) is 11.6 Å². The van der Waals surface area contributed by atoms with E-state index in [2.05, 4.69) is 26.8 Å². The second-order valence-electron chi connectivity index (χ2n) is 4.80. The number of hydrogen-bond donors (Lipinski definition) is 0. The molecule has 0 unspecified atom stereocenters. The molecule has 0 aliphatic heterocycles. The lowest BCUT2D eigenvalue weighted by Crippen LogP contribution is -2.24. The Morgan fingerprint density at radius 1 is 1.57 bits per heavy atom. The molecule has 1 nitrogen and oxygen atoms in total. The summed E-state index contributed by atoms with van der Waals surface area (Å²) in [4.78, 5) is 11.7. The van der Waals surface area contributed by atoms with Crippen molar-refractivity contribution >= 4 is 5.78 Å². The third-order valence-electron chi connectivity index (χ3n) is 3.51. The van der Waals surface area contributed by atoms with Gasteiger partial charge in [-0.1, -0.05) is 32.4 Å². The molecule has 0 aromatic carbocycles. The number of ketones is 1. The van der Waals surface area contributed by atoms with Crippen molar-refractivity contribution in [3.05, 3.63) is 11.6 Å². The van der Waals surface area contributed by atoms with Gasteiger partial charge in [0, 0.05) is 12.3 Å². The van der Waals surface area contributed by atoms with E-state index in [1.807, 2.05) is 6.92 Å². The van der Waals surface area contributed by atoms with Gasteiger partial charge in [-0.15, -0.1) is 0 Å². The zero-order valence-electron chi connectivity index (χ0n) is 9.84. The van der Waals surface area contributed by atoms with Crippen molar-refractivity contribution in [1.29, 1.82) is 0 Å². The normalized spacial score (nSPS) is 27.6. The van der Waals surface area contributed by atoms with Crippen LogP contribution in [0.1, 0.15) is 47.0 Å². The lowest BCUT2D eigenvalue weighted by molar-refractivity contribution is -0.122. The van der Waals surface area contributed by atoms with Crippen molar-refractivity contribution < 1.29 is 4.79 Å². The van der Waals surface area contributed by atoms with E-state index in [0.29, 0.717) is 24.0 Å². The predicted octanol–water partition coefficient (Wildman–Crippen LogP) is 3.59. The molecule has 14 heavy (non-hydrogen) atoms. The molecule has 0 N–H and O–H groups in total. The van der Waals surface area contributed by atoms with Crippen LogP contribution in [0.25, 0.3) is 0 Å². The average molecular weight is 194 g/mol. The van der Waals surface area contributed by atoms with E-state index in [4.69, 9.17) is 0 Å². The first-order chi connectivity index (χ1) is 6.56. The van der Waals surface area contributed by atoms with Gasteiger partial charge in [-0.25, -0.2) is 0 Å². The van der Waals surface area contributed by atoms with Crippen LogP contribution in [-0.2, 0) is 4.79 Å². The SMILES string of the molecule is CCC(=O)[C@@H]1C[C@H](C(C)C)CC=C1C. The number of hydrogen-bond acceptors (Lipinski definition) is 1.